The molecule has 0 saturated heterocycles. The van der Waals surface area contributed by atoms with Gasteiger partial charge in [-0.05, 0) is 47.1 Å². The third kappa shape index (κ3) is 3.28. The van der Waals surface area contributed by atoms with Crippen LogP contribution in [0.5, 0.6) is 0 Å². The number of benzene rings is 1. The van der Waals surface area contributed by atoms with Gasteiger partial charge in [0.2, 0.25) is 11.7 Å². The van der Waals surface area contributed by atoms with Crippen molar-refractivity contribution in [3.8, 4) is 11.5 Å². The van der Waals surface area contributed by atoms with Gasteiger partial charge in [-0.2, -0.15) is 4.98 Å². The van der Waals surface area contributed by atoms with E-state index in [4.69, 9.17) is 4.52 Å². The minimum absolute atomic E-state index is 0.473. The number of anilines is 1. The second kappa shape index (κ2) is 6.05. The van der Waals surface area contributed by atoms with E-state index in [1.54, 1.807) is 6.20 Å². The van der Waals surface area contributed by atoms with E-state index in [1.165, 1.54) is 5.56 Å². The molecule has 21 heavy (non-hydrogen) atoms. The zero-order valence-corrected chi connectivity index (χ0v) is 13.0. The fourth-order valence-corrected chi connectivity index (χ4v) is 2.25. The van der Waals surface area contributed by atoms with Crippen LogP contribution in [0.2, 0.25) is 0 Å². The standard InChI is InChI=1S/C15H13BrN4O/c1-10-4-6-11(7-5-10)18-9-13-19-15(20-21-13)14-12(16)3-2-8-17-14/h2-8,18H,9H2,1H3. The number of aromatic nitrogens is 3. The summed E-state index contributed by atoms with van der Waals surface area (Å²) in [7, 11) is 0. The monoisotopic (exact) mass is 344 g/mol. The van der Waals surface area contributed by atoms with E-state index in [-0.39, 0.29) is 0 Å². The molecule has 0 amide bonds. The Hall–Kier alpha value is -2.21. The molecule has 3 rings (SSSR count). The molecular formula is C15H13BrN4O. The van der Waals surface area contributed by atoms with Crippen LogP contribution in [-0.4, -0.2) is 15.1 Å². The van der Waals surface area contributed by atoms with Crippen molar-refractivity contribution in [3.63, 3.8) is 0 Å². The van der Waals surface area contributed by atoms with Gasteiger partial charge >= 0.3 is 0 Å². The first-order valence-corrected chi connectivity index (χ1v) is 7.26. The van der Waals surface area contributed by atoms with Gasteiger partial charge in [0.1, 0.15) is 5.69 Å². The van der Waals surface area contributed by atoms with Crippen LogP contribution in [0.1, 0.15) is 11.5 Å². The first-order valence-electron chi connectivity index (χ1n) is 6.46. The minimum Gasteiger partial charge on any atom is -0.376 e. The van der Waals surface area contributed by atoms with Crippen LogP contribution in [-0.2, 0) is 6.54 Å². The van der Waals surface area contributed by atoms with E-state index in [9.17, 15) is 0 Å². The van der Waals surface area contributed by atoms with Gasteiger partial charge in [-0.25, -0.2) is 0 Å². The molecule has 0 unspecified atom stereocenters. The molecular weight excluding hydrogens is 332 g/mol. The lowest BCUT2D eigenvalue weighted by Gasteiger charge is -2.02. The fourth-order valence-electron chi connectivity index (χ4n) is 1.82. The van der Waals surface area contributed by atoms with Gasteiger partial charge in [0.15, 0.2) is 0 Å². The van der Waals surface area contributed by atoms with Gasteiger partial charge < -0.3 is 9.84 Å². The normalized spacial score (nSPS) is 10.6. The van der Waals surface area contributed by atoms with Gasteiger partial charge in [0.25, 0.3) is 0 Å². The number of nitrogens with one attached hydrogen (secondary N) is 1. The summed E-state index contributed by atoms with van der Waals surface area (Å²) in [6.45, 7) is 2.53. The van der Waals surface area contributed by atoms with E-state index >= 15 is 0 Å². The molecule has 106 valence electrons. The zero-order valence-electron chi connectivity index (χ0n) is 11.4. The predicted octanol–water partition coefficient (Wildman–Crippen LogP) is 3.81. The van der Waals surface area contributed by atoms with Crippen LogP contribution >= 0.6 is 15.9 Å². The SMILES string of the molecule is Cc1ccc(NCc2nc(-c3ncccc3Br)no2)cc1. The second-order valence-electron chi connectivity index (χ2n) is 4.57. The summed E-state index contributed by atoms with van der Waals surface area (Å²) in [6.07, 6.45) is 1.70. The van der Waals surface area contributed by atoms with E-state index in [2.05, 4.69) is 43.3 Å². The molecule has 0 bridgehead atoms. The maximum absolute atomic E-state index is 5.24. The molecule has 3 aromatic rings. The molecule has 0 aliphatic carbocycles. The number of pyridine rings is 1. The van der Waals surface area contributed by atoms with Crippen LogP contribution in [0.3, 0.4) is 0 Å². The lowest BCUT2D eigenvalue weighted by molar-refractivity contribution is 0.384. The summed E-state index contributed by atoms with van der Waals surface area (Å²) in [4.78, 5) is 8.58. The Morgan fingerprint density at radius 1 is 1.19 bits per heavy atom. The van der Waals surface area contributed by atoms with Gasteiger partial charge in [-0.1, -0.05) is 22.9 Å². The van der Waals surface area contributed by atoms with Gasteiger partial charge in [0, 0.05) is 16.4 Å². The Morgan fingerprint density at radius 2 is 2.00 bits per heavy atom. The highest BCUT2D eigenvalue weighted by atomic mass is 79.9. The Balaban J connectivity index is 1.71. The van der Waals surface area contributed by atoms with Crippen LogP contribution in [0.15, 0.2) is 51.6 Å². The van der Waals surface area contributed by atoms with Crippen molar-refractivity contribution in [2.75, 3.05) is 5.32 Å². The molecule has 5 nitrogen and oxygen atoms in total. The largest absolute Gasteiger partial charge is 0.376 e. The third-order valence-electron chi connectivity index (χ3n) is 2.93. The summed E-state index contributed by atoms with van der Waals surface area (Å²) in [6, 6.07) is 11.9. The fraction of sp³-hybridized carbons (Fsp3) is 0.133. The number of nitrogens with zero attached hydrogens (tertiary/aromatic N) is 3. The van der Waals surface area contributed by atoms with Crippen molar-refractivity contribution in [1.82, 2.24) is 15.1 Å². The van der Waals surface area contributed by atoms with Crippen LogP contribution in [0.4, 0.5) is 5.69 Å². The Morgan fingerprint density at radius 3 is 2.76 bits per heavy atom. The number of halogens is 1. The van der Waals surface area contributed by atoms with Crippen molar-refractivity contribution in [2.24, 2.45) is 0 Å². The zero-order chi connectivity index (χ0) is 14.7. The lowest BCUT2D eigenvalue weighted by atomic mass is 10.2. The average Bonchev–Trinajstić information content (AvgIpc) is 2.96. The smallest absolute Gasteiger partial charge is 0.246 e. The Labute approximate surface area is 130 Å². The molecule has 0 radical (unpaired) electrons. The Bertz CT molecular complexity index is 739. The molecule has 0 atom stereocenters. The summed E-state index contributed by atoms with van der Waals surface area (Å²) in [5.74, 6) is 0.992. The van der Waals surface area contributed by atoms with Crippen LogP contribution in [0, 0.1) is 6.92 Å². The molecule has 2 aromatic heterocycles. The predicted molar refractivity (Wildman–Crippen MR) is 83.7 cm³/mol. The number of hydrogen-bond donors (Lipinski definition) is 1. The van der Waals surface area contributed by atoms with E-state index in [0.717, 1.165) is 10.2 Å². The van der Waals surface area contributed by atoms with E-state index < -0.39 is 0 Å². The van der Waals surface area contributed by atoms with E-state index in [0.29, 0.717) is 24.0 Å². The van der Waals surface area contributed by atoms with Gasteiger partial charge in [0.05, 0.1) is 6.54 Å². The summed E-state index contributed by atoms with van der Waals surface area (Å²) >= 11 is 3.42. The maximum atomic E-state index is 5.24. The van der Waals surface area contributed by atoms with Gasteiger partial charge in [-0.3, -0.25) is 4.98 Å². The summed E-state index contributed by atoms with van der Waals surface area (Å²) < 4.78 is 6.07. The van der Waals surface area contributed by atoms with Crippen LogP contribution in [0.25, 0.3) is 11.5 Å². The quantitative estimate of drug-likeness (QED) is 0.779. The Kier molecular flexibility index (Phi) is 3.96. The number of aryl methyl sites for hydroxylation is 1. The molecule has 0 spiro atoms. The molecule has 2 heterocycles. The molecule has 0 aliphatic heterocycles. The topological polar surface area (TPSA) is 63.8 Å². The van der Waals surface area contributed by atoms with Crippen LogP contribution < -0.4 is 5.32 Å². The molecule has 1 N–H and O–H groups in total. The first kappa shape index (κ1) is 13.8. The first-order chi connectivity index (χ1) is 10.2. The van der Waals surface area contributed by atoms with Crippen molar-refractivity contribution >= 4 is 21.6 Å². The second-order valence-corrected chi connectivity index (χ2v) is 5.42. The molecule has 1 aromatic carbocycles. The van der Waals surface area contributed by atoms with E-state index in [1.807, 2.05) is 36.4 Å². The molecule has 0 fully saturated rings. The number of hydrogen-bond acceptors (Lipinski definition) is 5. The summed E-state index contributed by atoms with van der Waals surface area (Å²) in [5, 5.41) is 7.19. The highest BCUT2D eigenvalue weighted by molar-refractivity contribution is 9.10. The highest BCUT2D eigenvalue weighted by Crippen LogP contribution is 2.23. The third-order valence-corrected chi connectivity index (χ3v) is 3.57. The lowest BCUT2D eigenvalue weighted by Crippen LogP contribution is -1.99. The minimum atomic E-state index is 0.473. The highest BCUT2D eigenvalue weighted by Gasteiger charge is 2.12. The average molecular weight is 345 g/mol. The molecule has 0 saturated carbocycles. The van der Waals surface area contributed by atoms with Crippen molar-refractivity contribution in [1.29, 1.82) is 0 Å². The maximum Gasteiger partial charge on any atom is 0.246 e. The number of rotatable bonds is 4. The summed E-state index contributed by atoms with van der Waals surface area (Å²) in [5.41, 5.74) is 2.91. The molecule has 0 aliphatic rings. The van der Waals surface area contributed by atoms with Crippen molar-refractivity contribution in [2.45, 2.75) is 13.5 Å². The van der Waals surface area contributed by atoms with Gasteiger partial charge in [-0.15, -0.1) is 0 Å². The molecule has 6 heteroatoms. The van der Waals surface area contributed by atoms with Crippen molar-refractivity contribution in [3.05, 3.63) is 58.5 Å². The van der Waals surface area contributed by atoms with Crippen molar-refractivity contribution < 1.29 is 4.52 Å².